The van der Waals surface area contributed by atoms with Gasteiger partial charge in [0, 0.05) is 12.1 Å². The third kappa shape index (κ3) is 4.81. The number of carbonyl (C=O) groups is 2. The number of nitrogens with one attached hydrogen (secondary N) is 1. The van der Waals surface area contributed by atoms with Crippen molar-refractivity contribution in [1.29, 1.82) is 0 Å². The van der Waals surface area contributed by atoms with Gasteiger partial charge in [0.1, 0.15) is 5.82 Å². The fraction of sp³-hybridized carbons (Fsp3) is 0.222. The molecule has 0 radical (unpaired) electrons. The molecule has 1 amide bonds. The minimum Gasteiger partial charge on any atom is -0.465 e. The first-order chi connectivity index (χ1) is 12.2. The average Bonchev–Trinajstić information content (AvgIpc) is 2.61. The monoisotopic (exact) mass is 369 g/mol. The summed E-state index contributed by atoms with van der Waals surface area (Å²) in [7, 11) is 1.27. The summed E-state index contributed by atoms with van der Waals surface area (Å²) in [6.07, 6.45) is -4.47. The summed E-state index contributed by atoms with van der Waals surface area (Å²) in [5, 5.41) is 2.47. The van der Waals surface area contributed by atoms with Crippen LogP contribution >= 0.6 is 0 Å². The molecule has 0 unspecified atom stereocenters. The maximum absolute atomic E-state index is 13.2. The van der Waals surface area contributed by atoms with E-state index in [4.69, 9.17) is 0 Å². The van der Waals surface area contributed by atoms with E-state index in [1.807, 2.05) is 0 Å². The Morgan fingerprint density at radius 1 is 1.04 bits per heavy atom. The summed E-state index contributed by atoms with van der Waals surface area (Å²) in [6, 6.07) is 8.58. The lowest BCUT2D eigenvalue weighted by Crippen LogP contribution is -2.26. The fourth-order valence-electron chi connectivity index (χ4n) is 2.23. The first kappa shape index (κ1) is 19.4. The fourth-order valence-corrected chi connectivity index (χ4v) is 2.23. The number of methoxy groups -OCH3 is 1. The molecule has 2 rings (SSSR count). The molecule has 1 N–H and O–H groups in total. The maximum atomic E-state index is 13.2. The van der Waals surface area contributed by atoms with Gasteiger partial charge in [0.05, 0.1) is 18.2 Å². The van der Waals surface area contributed by atoms with Crippen LogP contribution in [-0.4, -0.2) is 25.5 Å². The van der Waals surface area contributed by atoms with Crippen molar-refractivity contribution in [2.45, 2.75) is 12.6 Å². The number of carbonyl (C=O) groups excluding carboxylic acids is 2. The van der Waals surface area contributed by atoms with Crippen molar-refractivity contribution < 1.29 is 31.9 Å². The third-order valence-corrected chi connectivity index (χ3v) is 3.61. The van der Waals surface area contributed by atoms with Gasteiger partial charge in [-0.2, -0.15) is 13.2 Å². The van der Waals surface area contributed by atoms with Crippen LogP contribution in [0, 0.1) is 5.82 Å². The molecule has 0 saturated carbocycles. The van der Waals surface area contributed by atoms with Gasteiger partial charge in [-0.05, 0) is 42.3 Å². The van der Waals surface area contributed by atoms with Crippen LogP contribution in [0.25, 0.3) is 0 Å². The molecule has 0 saturated heterocycles. The molecule has 0 heterocycles. The standard InChI is InChI=1S/C18H15F4NO3/c1-26-17(25)12-4-2-11(3-5-12)8-9-23-16(24)13-6-7-15(19)14(10-13)18(20,21)22/h2-7,10H,8-9H2,1H3,(H,23,24). The summed E-state index contributed by atoms with van der Waals surface area (Å²) in [6.45, 7) is 0.162. The van der Waals surface area contributed by atoms with Gasteiger partial charge in [-0.3, -0.25) is 4.79 Å². The van der Waals surface area contributed by atoms with Crippen molar-refractivity contribution in [3.05, 3.63) is 70.5 Å². The Bertz CT molecular complexity index is 801. The van der Waals surface area contributed by atoms with Gasteiger partial charge in [-0.25, -0.2) is 9.18 Å². The summed E-state index contributed by atoms with van der Waals surface area (Å²) >= 11 is 0. The number of ether oxygens (including phenoxy) is 1. The van der Waals surface area contributed by atoms with Gasteiger partial charge in [0.15, 0.2) is 0 Å². The number of halogens is 4. The number of hydrogen-bond donors (Lipinski definition) is 1. The van der Waals surface area contributed by atoms with E-state index in [0.29, 0.717) is 24.1 Å². The number of rotatable bonds is 5. The van der Waals surface area contributed by atoms with Crippen molar-refractivity contribution in [2.75, 3.05) is 13.7 Å². The highest BCUT2D eigenvalue weighted by molar-refractivity contribution is 5.94. The topological polar surface area (TPSA) is 55.4 Å². The second kappa shape index (κ2) is 7.99. The first-order valence-corrected chi connectivity index (χ1v) is 7.54. The molecule has 4 nitrogen and oxygen atoms in total. The van der Waals surface area contributed by atoms with Crippen molar-refractivity contribution in [1.82, 2.24) is 5.32 Å². The highest BCUT2D eigenvalue weighted by Crippen LogP contribution is 2.31. The maximum Gasteiger partial charge on any atom is 0.419 e. The minimum absolute atomic E-state index is 0.162. The second-order valence-electron chi connectivity index (χ2n) is 5.39. The molecule has 138 valence electrons. The van der Waals surface area contributed by atoms with Crippen LogP contribution in [0.3, 0.4) is 0 Å². The molecular weight excluding hydrogens is 354 g/mol. The van der Waals surface area contributed by atoms with Gasteiger partial charge >= 0.3 is 12.1 Å². The summed E-state index contributed by atoms with van der Waals surface area (Å²) in [5.41, 5.74) is -0.567. The van der Waals surface area contributed by atoms with E-state index in [-0.39, 0.29) is 12.1 Å². The summed E-state index contributed by atoms with van der Waals surface area (Å²) in [4.78, 5) is 23.3. The predicted octanol–water partition coefficient (Wildman–Crippen LogP) is 3.60. The Hall–Kier alpha value is -2.90. The molecule has 8 heteroatoms. The average molecular weight is 369 g/mol. The van der Waals surface area contributed by atoms with E-state index in [0.717, 1.165) is 11.6 Å². The predicted molar refractivity (Wildman–Crippen MR) is 85.2 cm³/mol. The van der Waals surface area contributed by atoms with Crippen LogP contribution in [0.2, 0.25) is 0 Å². The molecule has 2 aromatic carbocycles. The SMILES string of the molecule is COC(=O)c1ccc(CCNC(=O)c2ccc(F)c(C(F)(F)F)c2)cc1. The van der Waals surface area contributed by atoms with Gasteiger partial charge < -0.3 is 10.1 Å². The number of esters is 1. The van der Waals surface area contributed by atoms with E-state index < -0.39 is 29.4 Å². The van der Waals surface area contributed by atoms with Gasteiger partial charge in [0.25, 0.3) is 5.91 Å². The van der Waals surface area contributed by atoms with Crippen LogP contribution in [0.1, 0.15) is 31.8 Å². The Labute approximate surface area is 146 Å². The zero-order valence-electron chi connectivity index (χ0n) is 13.7. The zero-order valence-corrected chi connectivity index (χ0v) is 13.7. The normalized spacial score (nSPS) is 11.1. The van der Waals surface area contributed by atoms with E-state index >= 15 is 0 Å². The van der Waals surface area contributed by atoms with Crippen LogP contribution in [0.15, 0.2) is 42.5 Å². The highest BCUT2D eigenvalue weighted by atomic mass is 19.4. The van der Waals surface area contributed by atoms with E-state index in [1.165, 1.54) is 7.11 Å². The van der Waals surface area contributed by atoms with Crippen LogP contribution in [-0.2, 0) is 17.3 Å². The molecule has 0 aliphatic heterocycles. The minimum atomic E-state index is -4.87. The van der Waals surface area contributed by atoms with Crippen molar-refractivity contribution in [2.24, 2.45) is 0 Å². The molecular formula is C18H15F4NO3. The Balaban J connectivity index is 1.96. The third-order valence-electron chi connectivity index (χ3n) is 3.61. The zero-order chi connectivity index (χ0) is 19.3. The number of benzene rings is 2. The molecule has 0 aliphatic rings. The molecule has 2 aromatic rings. The van der Waals surface area contributed by atoms with Gasteiger partial charge in [-0.15, -0.1) is 0 Å². The summed E-state index contributed by atoms with van der Waals surface area (Å²) < 4.78 is 55.8. The number of alkyl halides is 3. The Morgan fingerprint density at radius 2 is 1.65 bits per heavy atom. The molecule has 0 fully saturated rings. The molecule has 0 spiro atoms. The summed E-state index contributed by atoms with van der Waals surface area (Å²) in [5.74, 6) is -2.64. The van der Waals surface area contributed by atoms with E-state index in [9.17, 15) is 27.2 Å². The Kier molecular flexibility index (Phi) is 5.97. The lowest BCUT2D eigenvalue weighted by atomic mass is 10.1. The lowest BCUT2D eigenvalue weighted by Gasteiger charge is -2.10. The molecule has 0 atom stereocenters. The van der Waals surface area contributed by atoms with Crippen LogP contribution in [0.5, 0.6) is 0 Å². The van der Waals surface area contributed by atoms with E-state index in [1.54, 1.807) is 24.3 Å². The lowest BCUT2D eigenvalue weighted by molar-refractivity contribution is -0.140. The largest absolute Gasteiger partial charge is 0.465 e. The Morgan fingerprint density at radius 3 is 2.23 bits per heavy atom. The second-order valence-corrected chi connectivity index (χ2v) is 5.39. The smallest absolute Gasteiger partial charge is 0.419 e. The quantitative estimate of drug-likeness (QED) is 0.647. The van der Waals surface area contributed by atoms with Crippen molar-refractivity contribution in [3.63, 3.8) is 0 Å². The van der Waals surface area contributed by atoms with Crippen LogP contribution in [0.4, 0.5) is 17.6 Å². The van der Waals surface area contributed by atoms with Crippen LogP contribution < -0.4 is 5.32 Å². The van der Waals surface area contributed by atoms with Crippen molar-refractivity contribution in [3.8, 4) is 0 Å². The molecule has 0 aliphatic carbocycles. The molecule has 0 aromatic heterocycles. The highest BCUT2D eigenvalue weighted by Gasteiger charge is 2.34. The van der Waals surface area contributed by atoms with Crippen molar-refractivity contribution >= 4 is 11.9 Å². The first-order valence-electron chi connectivity index (χ1n) is 7.54. The number of amides is 1. The molecule has 0 bridgehead atoms. The van der Waals surface area contributed by atoms with Gasteiger partial charge in [-0.1, -0.05) is 12.1 Å². The van der Waals surface area contributed by atoms with E-state index in [2.05, 4.69) is 10.1 Å². The van der Waals surface area contributed by atoms with Gasteiger partial charge in [0.2, 0.25) is 0 Å². The number of hydrogen-bond acceptors (Lipinski definition) is 3. The molecule has 26 heavy (non-hydrogen) atoms.